The van der Waals surface area contributed by atoms with Crippen LogP contribution in [0.25, 0.3) is 17.0 Å². The molecule has 6 nitrogen and oxygen atoms in total. The molecule has 30 heavy (non-hydrogen) atoms. The number of nitrogens with zero attached hydrogens (tertiary/aromatic N) is 3. The Bertz CT molecular complexity index is 1100. The van der Waals surface area contributed by atoms with Gasteiger partial charge in [0.05, 0.1) is 5.52 Å². The van der Waals surface area contributed by atoms with Gasteiger partial charge < -0.3 is 15.2 Å². The van der Waals surface area contributed by atoms with E-state index < -0.39 is 0 Å². The maximum Gasteiger partial charge on any atom is 0.256 e. The van der Waals surface area contributed by atoms with Gasteiger partial charge in [0.1, 0.15) is 5.82 Å². The van der Waals surface area contributed by atoms with E-state index in [2.05, 4.69) is 51.7 Å². The number of aromatic amines is 1. The first-order valence-corrected chi connectivity index (χ1v) is 10.5. The number of carbonyl (C=O) groups excluding carboxylic acids is 1. The van der Waals surface area contributed by atoms with Crippen molar-refractivity contribution in [1.82, 2.24) is 14.9 Å². The molecule has 1 aliphatic rings. The van der Waals surface area contributed by atoms with Crippen LogP contribution >= 0.6 is 0 Å². The summed E-state index contributed by atoms with van der Waals surface area (Å²) in [4.78, 5) is 25.3. The van der Waals surface area contributed by atoms with Crippen molar-refractivity contribution >= 4 is 34.4 Å². The van der Waals surface area contributed by atoms with Crippen molar-refractivity contribution < 1.29 is 7.65 Å². The van der Waals surface area contributed by atoms with Gasteiger partial charge in [0, 0.05) is 57.1 Å². The second-order valence-corrected chi connectivity index (χ2v) is 7.97. The third kappa shape index (κ3) is 3.83. The molecule has 0 unspecified atom stereocenters. The standard InChI is InChI=1S/C24H29N5O.2H2/c1-5-16-9-10-17(13-22(16)28(3)6-2)24(30)27-23-14-19-18(15-25-23)12-20(26-19)21-8-7-11-29(21)4;;/h5,9-10,12-15,21,26H,1,6-8,11H2,2-4H3,(H,25,27,30);2*1H/t21-;;/m1../s1. The average Bonchev–Trinajstić information content (AvgIpc) is 3.37. The number of aromatic nitrogens is 2. The lowest BCUT2D eigenvalue weighted by Crippen LogP contribution is -2.19. The molecule has 2 aromatic heterocycles. The first-order chi connectivity index (χ1) is 14.5. The minimum atomic E-state index is -0.175. The lowest BCUT2D eigenvalue weighted by Gasteiger charge is -2.20. The molecule has 0 bridgehead atoms. The Morgan fingerprint density at radius 2 is 2.27 bits per heavy atom. The first-order valence-electron chi connectivity index (χ1n) is 10.5. The largest absolute Gasteiger partial charge is 0.374 e. The molecule has 160 valence electrons. The van der Waals surface area contributed by atoms with Gasteiger partial charge in [-0.3, -0.25) is 9.69 Å². The van der Waals surface area contributed by atoms with E-state index in [0.717, 1.165) is 41.7 Å². The predicted molar refractivity (Wildman–Crippen MR) is 128 cm³/mol. The van der Waals surface area contributed by atoms with Crippen molar-refractivity contribution in [3.63, 3.8) is 0 Å². The molecular formula is C24H33N5O. The maximum absolute atomic E-state index is 12.9. The lowest BCUT2D eigenvalue weighted by atomic mass is 10.1. The number of fused-ring (bicyclic) bond motifs is 1. The molecule has 0 saturated carbocycles. The van der Waals surface area contributed by atoms with Gasteiger partial charge in [-0.15, -0.1) is 0 Å². The number of nitrogens with one attached hydrogen (secondary N) is 2. The number of rotatable bonds is 6. The van der Waals surface area contributed by atoms with Crippen molar-refractivity contribution in [3.05, 3.63) is 59.9 Å². The van der Waals surface area contributed by atoms with E-state index in [9.17, 15) is 4.79 Å². The molecule has 1 aliphatic heterocycles. The van der Waals surface area contributed by atoms with E-state index in [1.54, 1.807) is 0 Å². The third-order valence-electron chi connectivity index (χ3n) is 6.04. The number of hydrogen-bond donors (Lipinski definition) is 2. The van der Waals surface area contributed by atoms with Gasteiger partial charge in [-0.1, -0.05) is 18.7 Å². The SMILES string of the molecule is C=Cc1ccc(C(=O)Nc2cc3[nH]c([C@H]4CCCN4C)cc3cn2)cc1N(C)CC.[HH].[HH]. The smallest absolute Gasteiger partial charge is 0.256 e. The molecular weight excluding hydrogens is 374 g/mol. The molecule has 2 N–H and O–H groups in total. The summed E-state index contributed by atoms with van der Waals surface area (Å²) in [5, 5.41) is 4.00. The van der Waals surface area contributed by atoms with Crippen molar-refractivity contribution in [3.8, 4) is 0 Å². The lowest BCUT2D eigenvalue weighted by molar-refractivity contribution is 0.102. The van der Waals surface area contributed by atoms with E-state index in [4.69, 9.17) is 0 Å². The van der Waals surface area contributed by atoms with Gasteiger partial charge in [0.15, 0.2) is 0 Å². The fourth-order valence-corrected chi connectivity index (χ4v) is 4.15. The van der Waals surface area contributed by atoms with Crippen LogP contribution in [0.15, 0.2) is 43.1 Å². The Balaban J connectivity index is 0.00000181. The second kappa shape index (κ2) is 8.32. The van der Waals surface area contributed by atoms with Crippen LogP contribution in [0.4, 0.5) is 11.5 Å². The summed E-state index contributed by atoms with van der Waals surface area (Å²) in [6.07, 6.45) is 6.01. The van der Waals surface area contributed by atoms with Gasteiger partial charge in [0.2, 0.25) is 0 Å². The molecule has 1 amide bonds. The molecule has 4 rings (SSSR count). The van der Waals surface area contributed by atoms with Crippen molar-refractivity contribution in [1.29, 1.82) is 0 Å². The molecule has 6 heteroatoms. The highest BCUT2D eigenvalue weighted by Crippen LogP contribution is 2.32. The molecule has 3 heterocycles. The number of carbonyl (C=O) groups is 1. The Morgan fingerprint density at radius 3 is 2.97 bits per heavy atom. The van der Waals surface area contributed by atoms with Crippen LogP contribution in [0.1, 0.15) is 50.3 Å². The van der Waals surface area contributed by atoms with Crippen molar-refractivity contribution in [2.45, 2.75) is 25.8 Å². The van der Waals surface area contributed by atoms with Crippen molar-refractivity contribution in [2.24, 2.45) is 0 Å². The minimum Gasteiger partial charge on any atom is -0.374 e. The summed E-state index contributed by atoms with van der Waals surface area (Å²) in [5.74, 6) is 0.365. The number of benzene rings is 1. The maximum atomic E-state index is 12.9. The molecule has 1 fully saturated rings. The molecule has 1 aromatic carbocycles. The first kappa shape index (κ1) is 20.2. The highest BCUT2D eigenvalue weighted by Gasteiger charge is 2.24. The van der Waals surface area contributed by atoms with Gasteiger partial charge in [-0.2, -0.15) is 0 Å². The van der Waals surface area contributed by atoms with Gasteiger partial charge in [-0.05, 0) is 57.1 Å². The zero-order valence-electron chi connectivity index (χ0n) is 17.9. The third-order valence-corrected chi connectivity index (χ3v) is 6.04. The summed E-state index contributed by atoms with van der Waals surface area (Å²) in [5.41, 5.74) is 4.79. The number of pyridine rings is 1. The monoisotopic (exact) mass is 407 g/mol. The summed E-state index contributed by atoms with van der Waals surface area (Å²) in [7, 11) is 4.17. The molecule has 1 saturated heterocycles. The highest BCUT2D eigenvalue weighted by molar-refractivity contribution is 6.05. The molecule has 0 spiro atoms. The van der Waals surface area contributed by atoms with Crippen LogP contribution in [0.5, 0.6) is 0 Å². The average molecular weight is 408 g/mol. The second-order valence-electron chi connectivity index (χ2n) is 7.97. The summed E-state index contributed by atoms with van der Waals surface area (Å²) in [6, 6.07) is 10.1. The molecule has 0 radical (unpaired) electrons. The quantitative estimate of drug-likeness (QED) is 0.591. The van der Waals surface area contributed by atoms with E-state index >= 15 is 0 Å². The summed E-state index contributed by atoms with van der Waals surface area (Å²) in [6.45, 7) is 7.91. The Kier molecular flexibility index (Phi) is 5.59. The van der Waals surface area contributed by atoms with Crippen LogP contribution in [0.2, 0.25) is 0 Å². The fourth-order valence-electron chi connectivity index (χ4n) is 4.15. The zero-order valence-corrected chi connectivity index (χ0v) is 17.9. The number of hydrogen-bond acceptors (Lipinski definition) is 4. The highest BCUT2D eigenvalue weighted by atomic mass is 16.1. The molecule has 3 aromatic rings. The predicted octanol–water partition coefficient (Wildman–Crippen LogP) is 5.17. The Morgan fingerprint density at radius 1 is 1.43 bits per heavy atom. The fraction of sp³-hybridized carbons (Fsp3) is 0.333. The van der Waals surface area contributed by atoms with Crippen molar-refractivity contribution in [2.75, 3.05) is 37.4 Å². The summed E-state index contributed by atoms with van der Waals surface area (Å²) < 4.78 is 0. The topological polar surface area (TPSA) is 64.3 Å². The van der Waals surface area contributed by atoms with Gasteiger partial charge >= 0.3 is 0 Å². The zero-order chi connectivity index (χ0) is 21.3. The van der Waals surface area contributed by atoms with Gasteiger partial charge in [-0.25, -0.2) is 4.98 Å². The number of anilines is 2. The number of likely N-dealkylation sites (tertiary alicyclic amines) is 1. The van der Waals surface area contributed by atoms with Crippen LogP contribution in [0, 0.1) is 0 Å². The Hall–Kier alpha value is -3.12. The van der Waals surface area contributed by atoms with Crippen LogP contribution in [-0.4, -0.2) is 48.0 Å². The van der Waals surface area contributed by atoms with E-state index in [0.29, 0.717) is 17.4 Å². The van der Waals surface area contributed by atoms with E-state index in [1.807, 2.05) is 43.6 Å². The van der Waals surface area contributed by atoms with Crippen LogP contribution in [-0.2, 0) is 0 Å². The number of amides is 1. The van der Waals surface area contributed by atoms with Gasteiger partial charge in [0.25, 0.3) is 5.91 Å². The number of H-pyrrole nitrogens is 1. The van der Waals surface area contributed by atoms with E-state index in [1.165, 1.54) is 12.1 Å². The molecule has 0 aliphatic carbocycles. The molecule has 1 atom stereocenters. The minimum absolute atomic E-state index is 0. The Labute approximate surface area is 180 Å². The summed E-state index contributed by atoms with van der Waals surface area (Å²) >= 11 is 0. The normalized spacial score (nSPS) is 16.7. The van der Waals surface area contributed by atoms with E-state index in [-0.39, 0.29) is 8.76 Å². The van der Waals surface area contributed by atoms with Crippen LogP contribution in [0.3, 0.4) is 0 Å². The van der Waals surface area contributed by atoms with Crippen LogP contribution < -0.4 is 10.2 Å².